The fraction of sp³-hybridized carbons (Fsp3) is 0.882. The van der Waals surface area contributed by atoms with Gasteiger partial charge in [-0.15, -0.1) is 0 Å². The predicted molar refractivity (Wildman–Crippen MR) is 82.0 cm³/mol. The minimum absolute atomic E-state index is 0.358. The van der Waals surface area contributed by atoms with Crippen molar-refractivity contribution in [3.63, 3.8) is 0 Å². The van der Waals surface area contributed by atoms with Crippen LogP contribution in [0.1, 0.15) is 78.1 Å². The molecule has 1 saturated heterocycles. The van der Waals surface area contributed by atoms with E-state index in [9.17, 15) is 14.7 Å². The van der Waals surface area contributed by atoms with E-state index in [0.29, 0.717) is 6.42 Å². The number of carbonyl (C=O) groups excluding carboxylic acids is 1. The quantitative estimate of drug-likeness (QED) is 0.459. The lowest BCUT2D eigenvalue weighted by Crippen LogP contribution is -2.27. The van der Waals surface area contributed by atoms with Crippen LogP contribution in [0.4, 0.5) is 0 Å². The summed E-state index contributed by atoms with van der Waals surface area (Å²) in [5.74, 6) is -2.43. The minimum atomic E-state index is -0.908. The molecule has 1 heterocycles. The normalized spacial score (nSPS) is 25.0. The van der Waals surface area contributed by atoms with E-state index in [-0.39, 0.29) is 5.97 Å². The molecule has 3 atom stereocenters. The summed E-state index contributed by atoms with van der Waals surface area (Å²) in [6.45, 7) is 3.87. The minimum Gasteiger partial charge on any atom is -0.481 e. The fourth-order valence-corrected chi connectivity index (χ4v) is 3.07. The third kappa shape index (κ3) is 6.06. The first kappa shape index (κ1) is 18.0. The van der Waals surface area contributed by atoms with E-state index in [4.69, 9.17) is 4.74 Å². The molecule has 1 aliphatic heterocycles. The smallest absolute Gasteiger partial charge is 0.311 e. The number of aliphatic carboxylic acids is 1. The predicted octanol–water partition coefficient (Wildman–Crippen LogP) is 4.17. The Morgan fingerprint density at radius 3 is 2.10 bits per heavy atom. The van der Waals surface area contributed by atoms with Crippen molar-refractivity contribution in [1.29, 1.82) is 0 Å². The van der Waals surface area contributed by atoms with Crippen molar-refractivity contribution >= 4 is 11.9 Å². The Morgan fingerprint density at radius 1 is 1.05 bits per heavy atom. The molecule has 21 heavy (non-hydrogen) atoms. The second-order valence-corrected chi connectivity index (χ2v) is 6.25. The Morgan fingerprint density at radius 2 is 1.57 bits per heavy atom. The Hall–Kier alpha value is -1.06. The molecule has 4 nitrogen and oxygen atoms in total. The number of carboxylic acid groups (broad SMARTS) is 1. The molecular weight excluding hydrogens is 268 g/mol. The van der Waals surface area contributed by atoms with Crippen LogP contribution in [0.2, 0.25) is 0 Å². The van der Waals surface area contributed by atoms with Gasteiger partial charge in [0, 0.05) is 0 Å². The van der Waals surface area contributed by atoms with Crippen molar-refractivity contribution < 1.29 is 19.4 Å². The summed E-state index contributed by atoms with van der Waals surface area (Å²) >= 11 is 0. The van der Waals surface area contributed by atoms with E-state index in [0.717, 1.165) is 12.8 Å². The molecule has 0 spiro atoms. The summed E-state index contributed by atoms with van der Waals surface area (Å²) in [6, 6.07) is 0. The average Bonchev–Trinajstić information content (AvgIpc) is 2.72. The topological polar surface area (TPSA) is 63.6 Å². The van der Waals surface area contributed by atoms with Crippen LogP contribution in [0.5, 0.6) is 0 Å². The summed E-state index contributed by atoms with van der Waals surface area (Å²) in [6.07, 6.45) is 11.3. The van der Waals surface area contributed by atoms with Gasteiger partial charge in [-0.3, -0.25) is 9.59 Å². The number of ether oxygens (including phenoxy) is 1. The monoisotopic (exact) mass is 298 g/mol. The van der Waals surface area contributed by atoms with E-state index in [1.165, 1.54) is 44.9 Å². The highest BCUT2D eigenvalue weighted by Gasteiger charge is 2.45. The first-order chi connectivity index (χ1) is 10.1. The van der Waals surface area contributed by atoms with Gasteiger partial charge in [-0.2, -0.15) is 0 Å². The van der Waals surface area contributed by atoms with Crippen molar-refractivity contribution in [1.82, 2.24) is 0 Å². The zero-order valence-electron chi connectivity index (χ0n) is 13.5. The molecule has 0 aromatic heterocycles. The number of hydrogen-bond donors (Lipinski definition) is 1. The van der Waals surface area contributed by atoms with E-state index in [1.807, 2.05) is 0 Å². The van der Waals surface area contributed by atoms with E-state index < -0.39 is 23.9 Å². The molecule has 1 fully saturated rings. The first-order valence-electron chi connectivity index (χ1n) is 8.51. The van der Waals surface area contributed by atoms with Crippen LogP contribution < -0.4 is 0 Å². The zero-order chi connectivity index (χ0) is 15.7. The molecule has 1 aliphatic rings. The third-order valence-electron chi connectivity index (χ3n) is 4.46. The standard InChI is InChI=1S/C17H30O4/c1-3-4-5-6-7-8-9-10-11-12-14-15(16(18)19)13(2)17(20)21-14/h13-15H,3-12H2,1-2H3,(H,18,19)/t13-,14+,15+/m1/s1. The number of unbranched alkanes of at least 4 members (excludes halogenated alkanes) is 8. The lowest BCUT2D eigenvalue weighted by molar-refractivity contribution is -0.144. The van der Waals surface area contributed by atoms with E-state index >= 15 is 0 Å². The molecule has 0 unspecified atom stereocenters. The van der Waals surface area contributed by atoms with Gasteiger partial charge in [-0.25, -0.2) is 0 Å². The average molecular weight is 298 g/mol. The fourth-order valence-electron chi connectivity index (χ4n) is 3.07. The number of esters is 1. The second-order valence-electron chi connectivity index (χ2n) is 6.25. The van der Waals surface area contributed by atoms with Crippen LogP contribution in [-0.2, 0) is 14.3 Å². The van der Waals surface area contributed by atoms with Crippen molar-refractivity contribution in [3.05, 3.63) is 0 Å². The highest BCUT2D eigenvalue weighted by atomic mass is 16.6. The molecule has 0 saturated carbocycles. The van der Waals surface area contributed by atoms with Gasteiger partial charge < -0.3 is 9.84 Å². The molecule has 0 amide bonds. The molecule has 0 aromatic carbocycles. The summed E-state index contributed by atoms with van der Waals surface area (Å²) in [5.41, 5.74) is 0. The van der Waals surface area contributed by atoms with Gasteiger partial charge in [0.15, 0.2) is 0 Å². The van der Waals surface area contributed by atoms with Gasteiger partial charge in [0.1, 0.15) is 12.0 Å². The van der Waals surface area contributed by atoms with E-state index in [2.05, 4.69) is 6.92 Å². The Labute approximate surface area is 128 Å². The van der Waals surface area contributed by atoms with Gasteiger partial charge in [0.25, 0.3) is 0 Å². The van der Waals surface area contributed by atoms with Crippen molar-refractivity contribution in [2.24, 2.45) is 11.8 Å². The van der Waals surface area contributed by atoms with Crippen LogP contribution in [-0.4, -0.2) is 23.1 Å². The zero-order valence-corrected chi connectivity index (χ0v) is 13.5. The summed E-state index contributed by atoms with van der Waals surface area (Å²) in [7, 11) is 0. The van der Waals surface area contributed by atoms with E-state index in [1.54, 1.807) is 6.92 Å². The number of rotatable bonds is 11. The number of carbonyl (C=O) groups is 2. The third-order valence-corrected chi connectivity index (χ3v) is 4.46. The Bertz CT molecular complexity index is 327. The van der Waals surface area contributed by atoms with Gasteiger partial charge in [-0.05, 0) is 12.8 Å². The van der Waals surface area contributed by atoms with Gasteiger partial charge in [0.05, 0.1) is 5.92 Å². The van der Waals surface area contributed by atoms with Crippen molar-refractivity contribution in [2.75, 3.05) is 0 Å². The molecular formula is C17H30O4. The lowest BCUT2D eigenvalue weighted by atomic mass is 9.89. The SMILES string of the molecule is CCCCCCCCCCC[C@@H]1OC(=O)[C@H](C)[C@@H]1C(=O)O. The van der Waals surface area contributed by atoms with Gasteiger partial charge >= 0.3 is 11.9 Å². The van der Waals surface area contributed by atoms with Crippen molar-refractivity contribution in [3.8, 4) is 0 Å². The highest BCUT2D eigenvalue weighted by molar-refractivity contribution is 5.84. The Kier molecular flexibility index (Phi) is 8.40. The number of carboxylic acids is 1. The molecule has 4 heteroatoms. The molecule has 0 bridgehead atoms. The number of cyclic esters (lactones) is 1. The molecule has 1 rings (SSSR count). The highest BCUT2D eigenvalue weighted by Crippen LogP contribution is 2.31. The van der Waals surface area contributed by atoms with Crippen LogP contribution in [0, 0.1) is 11.8 Å². The largest absolute Gasteiger partial charge is 0.481 e. The summed E-state index contributed by atoms with van der Waals surface area (Å²) < 4.78 is 5.20. The van der Waals surface area contributed by atoms with Crippen molar-refractivity contribution in [2.45, 2.75) is 84.2 Å². The maximum atomic E-state index is 11.5. The first-order valence-corrected chi connectivity index (χ1v) is 8.51. The molecule has 0 radical (unpaired) electrons. The van der Waals surface area contributed by atoms with Crippen LogP contribution >= 0.6 is 0 Å². The summed E-state index contributed by atoms with van der Waals surface area (Å²) in [5, 5.41) is 9.18. The maximum Gasteiger partial charge on any atom is 0.311 e. The molecule has 122 valence electrons. The lowest BCUT2D eigenvalue weighted by Gasteiger charge is -2.15. The van der Waals surface area contributed by atoms with Crippen LogP contribution in [0.25, 0.3) is 0 Å². The molecule has 1 N–H and O–H groups in total. The number of hydrogen-bond acceptors (Lipinski definition) is 3. The van der Waals surface area contributed by atoms with Crippen LogP contribution in [0.15, 0.2) is 0 Å². The maximum absolute atomic E-state index is 11.5. The Balaban J connectivity index is 2.09. The van der Waals surface area contributed by atoms with Gasteiger partial charge in [-0.1, -0.05) is 65.2 Å². The van der Waals surface area contributed by atoms with Crippen LogP contribution in [0.3, 0.4) is 0 Å². The molecule has 0 aliphatic carbocycles. The second kappa shape index (κ2) is 9.80. The molecule has 0 aromatic rings. The summed E-state index contributed by atoms with van der Waals surface area (Å²) in [4.78, 5) is 22.7. The van der Waals surface area contributed by atoms with Gasteiger partial charge in [0.2, 0.25) is 0 Å².